The molecule has 2 aliphatic rings. The van der Waals surface area contributed by atoms with E-state index in [2.05, 4.69) is 64.0 Å². The Labute approximate surface area is 120 Å². The predicted molar refractivity (Wildman–Crippen MR) is 82.0 cm³/mol. The van der Waals surface area contributed by atoms with E-state index >= 15 is 0 Å². The molecule has 4 rings (SSSR count). The molecule has 0 radical (unpaired) electrons. The highest BCUT2D eigenvalue weighted by Crippen LogP contribution is 2.32. The van der Waals surface area contributed by atoms with Crippen molar-refractivity contribution < 1.29 is 0 Å². The number of fused-ring (bicyclic) bond motifs is 1. The van der Waals surface area contributed by atoms with Crippen LogP contribution < -0.4 is 4.90 Å². The van der Waals surface area contributed by atoms with E-state index in [4.69, 9.17) is 0 Å². The van der Waals surface area contributed by atoms with Gasteiger partial charge in [-0.3, -0.25) is 4.90 Å². The molecule has 2 aromatic rings. The Hall–Kier alpha value is -1.74. The third-order valence-corrected chi connectivity index (χ3v) is 4.74. The summed E-state index contributed by atoms with van der Waals surface area (Å²) in [5.74, 6) is 0. The first-order chi connectivity index (χ1) is 9.81. The summed E-state index contributed by atoms with van der Waals surface area (Å²) in [6.07, 6.45) is 3.34. The van der Waals surface area contributed by atoms with Gasteiger partial charge in [-0.15, -0.1) is 0 Å². The molecule has 1 fully saturated rings. The maximum atomic E-state index is 2.61. The van der Waals surface area contributed by atoms with E-state index in [0.717, 1.165) is 6.54 Å². The minimum atomic E-state index is 0.707. The van der Waals surface area contributed by atoms with E-state index < -0.39 is 0 Å². The summed E-state index contributed by atoms with van der Waals surface area (Å²) >= 11 is 0. The third kappa shape index (κ3) is 1.93. The van der Waals surface area contributed by atoms with Crippen LogP contribution in [0.2, 0.25) is 0 Å². The van der Waals surface area contributed by atoms with Gasteiger partial charge >= 0.3 is 0 Å². The summed E-state index contributed by atoms with van der Waals surface area (Å²) in [6, 6.07) is 13.9. The van der Waals surface area contributed by atoms with Crippen molar-refractivity contribution in [3.63, 3.8) is 0 Å². The van der Waals surface area contributed by atoms with Gasteiger partial charge in [0.15, 0.2) is 0 Å². The highest BCUT2D eigenvalue weighted by atomic mass is 15.3. The lowest BCUT2D eigenvalue weighted by atomic mass is 10.1. The van der Waals surface area contributed by atoms with Crippen LogP contribution in [0.5, 0.6) is 0 Å². The van der Waals surface area contributed by atoms with E-state index in [-0.39, 0.29) is 0 Å². The van der Waals surface area contributed by atoms with Crippen LogP contribution in [-0.4, -0.2) is 35.1 Å². The predicted octanol–water partition coefficient (Wildman–Crippen LogP) is 2.27. The number of hydrogen-bond donors (Lipinski definition) is 0. The zero-order valence-electron chi connectivity index (χ0n) is 12.0. The zero-order chi connectivity index (χ0) is 13.5. The number of nitrogens with zero attached hydrogens (tertiary/aromatic N) is 3. The number of rotatable bonds is 3. The molecular weight excluding hydrogens is 246 g/mol. The summed E-state index contributed by atoms with van der Waals surface area (Å²) in [7, 11) is 2.13. The van der Waals surface area contributed by atoms with Crippen LogP contribution >= 0.6 is 0 Å². The Balaban J connectivity index is 1.39. The molecule has 3 heterocycles. The molecule has 1 aromatic heterocycles. The van der Waals surface area contributed by atoms with Gasteiger partial charge in [-0.05, 0) is 30.2 Å². The molecule has 0 N–H and O–H groups in total. The lowest BCUT2D eigenvalue weighted by molar-refractivity contribution is 0.134. The van der Waals surface area contributed by atoms with Gasteiger partial charge in [0.2, 0.25) is 0 Å². The fraction of sp³-hybridized carbons (Fsp3) is 0.412. The maximum absolute atomic E-state index is 2.61. The molecule has 3 nitrogen and oxygen atoms in total. The zero-order valence-corrected chi connectivity index (χ0v) is 12.0. The first-order valence-electron chi connectivity index (χ1n) is 7.48. The van der Waals surface area contributed by atoms with Gasteiger partial charge in [0.25, 0.3) is 0 Å². The Morgan fingerprint density at radius 2 is 1.95 bits per heavy atom. The quantitative estimate of drug-likeness (QED) is 0.845. The van der Waals surface area contributed by atoms with Crippen LogP contribution in [0.1, 0.15) is 11.3 Å². The number of benzene rings is 1. The SMILES string of the molecule is Cn1cccc1CN1CC(N2CCc3ccccc32)C1. The van der Waals surface area contributed by atoms with Crippen molar-refractivity contribution in [2.75, 3.05) is 24.5 Å². The van der Waals surface area contributed by atoms with Crippen molar-refractivity contribution in [2.24, 2.45) is 7.05 Å². The van der Waals surface area contributed by atoms with Gasteiger partial charge in [0.05, 0.1) is 6.04 Å². The number of aryl methyl sites for hydroxylation is 1. The van der Waals surface area contributed by atoms with E-state index in [1.165, 1.54) is 43.0 Å². The molecule has 3 heteroatoms. The highest BCUT2D eigenvalue weighted by molar-refractivity contribution is 5.59. The first kappa shape index (κ1) is 12.0. The summed E-state index contributed by atoms with van der Waals surface area (Å²) < 4.78 is 2.22. The maximum Gasteiger partial charge on any atom is 0.0544 e. The van der Waals surface area contributed by atoms with Crippen molar-refractivity contribution >= 4 is 5.69 Å². The lowest BCUT2D eigenvalue weighted by Gasteiger charge is -2.45. The second kappa shape index (κ2) is 4.67. The molecule has 0 saturated carbocycles. The Bertz CT molecular complexity index is 610. The standard InChI is InChI=1S/C17H21N3/c1-18-9-4-6-15(18)11-19-12-16(13-19)20-10-8-14-5-2-3-7-17(14)20/h2-7,9,16H,8,10-13H2,1H3. The molecule has 0 amide bonds. The van der Waals surface area contributed by atoms with Gasteiger partial charge < -0.3 is 9.47 Å². The normalized spacial score (nSPS) is 19.1. The second-order valence-corrected chi connectivity index (χ2v) is 6.03. The third-order valence-electron chi connectivity index (χ3n) is 4.74. The molecule has 0 unspecified atom stereocenters. The van der Waals surface area contributed by atoms with Crippen LogP contribution in [0.25, 0.3) is 0 Å². The van der Waals surface area contributed by atoms with E-state index in [1.54, 1.807) is 0 Å². The van der Waals surface area contributed by atoms with Crippen molar-refractivity contribution in [3.8, 4) is 0 Å². The van der Waals surface area contributed by atoms with Crippen molar-refractivity contribution in [2.45, 2.75) is 19.0 Å². The monoisotopic (exact) mass is 267 g/mol. The van der Waals surface area contributed by atoms with Crippen LogP contribution in [0, 0.1) is 0 Å². The summed E-state index contributed by atoms with van der Waals surface area (Å²) in [5, 5.41) is 0. The average Bonchev–Trinajstić information content (AvgIpc) is 3.00. The van der Waals surface area contributed by atoms with Crippen molar-refractivity contribution in [1.29, 1.82) is 0 Å². The molecule has 20 heavy (non-hydrogen) atoms. The highest BCUT2D eigenvalue weighted by Gasteiger charge is 2.34. The number of aromatic nitrogens is 1. The van der Waals surface area contributed by atoms with E-state index in [0.29, 0.717) is 6.04 Å². The topological polar surface area (TPSA) is 11.4 Å². The summed E-state index contributed by atoms with van der Waals surface area (Å²) in [4.78, 5) is 5.15. The fourth-order valence-electron chi connectivity index (χ4n) is 3.50. The summed E-state index contributed by atoms with van der Waals surface area (Å²) in [5.41, 5.74) is 4.40. The van der Waals surface area contributed by atoms with Crippen LogP contribution in [0.3, 0.4) is 0 Å². The lowest BCUT2D eigenvalue weighted by Crippen LogP contribution is -2.58. The van der Waals surface area contributed by atoms with Gasteiger partial charge in [-0.25, -0.2) is 0 Å². The smallest absolute Gasteiger partial charge is 0.0544 e. The Kier molecular flexibility index (Phi) is 2.81. The van der Waals surface area contributed by atoms with E-state index in [9.17, 15) is 0 Å². The molecule has 0 aliphatic carbocycles. The van der Waals surface area contributed by atoms with Crippen molar-refractivity contribution in [3.05, 3.63) is 53.9 Å². The molecule has 1 aromatic carbocycles. The number of hydrogen-bond acceptors (Lipinski definition) is 2. The van der Waals surface area contributed by atoms with Gasteiger partial charge in [-0.1, -0.05) is 18.2 Å². The summed E-state index contributed by atoms with van der Waals surface area (Å²) in [6.45, 7) is 4.66. The van der Waals surface area contributed by atoms with Crippen molar-refractivity contribution in [1.82, 2.24) is 9.47 Å². The minimum absolute atomic E-state index is 0.707. The Morgan fingerprint density at radius 1 is 1.10 bits per heavy atom. The Morgan fingerprint density at radius 3 is 2.75 bits per heavy atom. The first-order valence-corrected chi connectivity index (χ1v) is 7.48. The number of likely N-dealkylation sites (tertiary alicyclic amines) is 1. The molecule has 0 atom stereocenters. The second-order valence-electron chi connectivity index (χ2n) is 6.03. The number of para-hydroxylation sites is 1. The van der Waals surface area contributed by atoms with Crippen LogP contribution in [0.15, 0.2) is 42.6 Å². The fourth-order valence-corrected chi connectivity index (χ4v) is 3.50. The van der Waals surface area contributed by atoms with Gasteiger partial charge in [0, 0.05) is 50.8 Å². The van der Waals surface area contributed by atoms with E-state index in [1.807, 2.05) is 0 Å². The minimum Gasteiger partial charge on any atom is -0.365 e. The van der Waals surface area contributed by atoms with Gasteiger partial charge in [-0.2, -0.15) is 0 Å². The molecule has 104 valence electrons. The molecular formula is C17H21N3. The molecule has 2 aliphatic heterocycles. The molecule has 0 spiro atoms. The average molecular weight is 267 g/mol. The van der Waals surface area contributed by atoms with Crippen LogP contribution in [0.4, 0.5) is 5.69 Å². The molecule has 0 bridgehead atoms. The van der Waals surface area contributed by atoms with Crippen LogP contribution in [-0.2, 0) is 20.0 Å². The largest absolute Gasteiger partial charge is 0.365 e. The number of anilines is 1. The molecule has 1 saturated heterocycles. The van der Waals surface area contributed by atoms with Gasteiger partial charge in [0.1, 0.15) is 0 Å².